The Morgan fingerprint density at radius 2 is 2.00 bits per heavy atom. The molecule has 2 unspecified atom stereocenters. The number of nitrogens with zero attached hydrogens (tertiary/aromatic N) is 4. The van der Waals surface area contributed by atoms with Crippen molar-refractivity contribution in [1.82, 2.24) is 15.1 Å². The van der Waals surface area contributed by atoms with Crippen molar-refractivity contribution in [2.24, 2.45) is 0 Å². The van der Waals surface area contributed by atoms with Crippen molar-refractivity contribution in [3.63, 3.8) is 0 Å². The Morgan fingerprint density at radius 1 is 1.20 bits per heavy atom. The van der Waals surface area contributed by atoms with Crippen molar-refractivity contribution in [3.05, 3.63) is 35.4 Å². The summed E-state index contributed by atoms with van der Waals surface area (Å²) in [5.41, 5.74) is 0.00693. The van der Waals surface area contributed by atoms with Gasteiger partial charge in [-0.15, -0.1) is 10.2 Å². The Labute approximate surface area is 173 Å². The van der Waals surface area contributed by atoms with E-state index in [-0.39, 0.29) is 17.7 Å². The van der Waals surface area contributed by atoms with Gasteiger partial charge in [0.1, 0.15) is 5.75 Å². The van der Waals surface area contributed by atoms with Gasteiger partial charge in [0.15, 0.2) is 5.82 Å². The van der Waals surface area contributed by atoms with Gasteiger partial charge in [-0.05, 0) is 49.7 Å². The van der Waals surface area contributed by atoms with E-state index in [2.05, 4.69) is 26.9 Å². The maximum atomic E-state index is 13.0. The summed E-state index contributed by atoms with van der Waals surface area (Å²) >= 11 is 0. The first-order valence-corrected chi connectivity index (χ1v) is 10.1. The van der Waals surface area contributed by atoms with Crippen LogP contribution in [-0.2, 0) is 10.9 Å². The number of anilines is 1. The number of aromatic hydroxyl groups is 1. The number of hydrogen-bond donors (Lipinski definition) is 1. The van der Waals surface area contributed by atoms with Crippen LogP contribution in [0.2, 0.25) is 0 Å². The zero-order valence-electron chi connectivity index (χ0n) is 17.0. The molecule has 0 saturated carbocycles. The number of hydrogen-bond acceptors (Lipinski definition) is 6. The lowest BCUT2D eigenvalue weighted by Gasteiger charge is -2.47. The van der Waals surface area contributed by atoms with Crippen LogP contribution in [-0.4, -0.2) is 65.1 Å². The van der Waals surface area contributed by atoms with Gasteiger partial charge in [0.25, 0.3) is 0 Å². The minimum Gasteiger partial charge on any atom is -0.507 e. The average Bonchev–Trinajstić information content (AvgIpc) is 2.72. The van der Waals surface area contributed by atoms with Crippen LogP contribution in [0.3, 0.4) is 0 Å². The number of ether oxygens (including phenoxy) is 1. The fourth-order valence-electron chi connectivity index (χ4n) is 4.39. The van der Waals surface area contributed by atoms with Crippen molar-refractivity contribution >= 4 is 5.82 Å². The quantitative estimate of drug-likeness (QED) is 0.817. The number of morpholine rings is 1. The molecule has 162 valence electrons. The van der Waals surface area contributed by atoms with Gasteiger partial charge in [-0.25, -0.2) is 0 Å². The number of fused-ring (bicyclic) bond motifs is 1. The molecule has 0 radical (unpaired) electrons. The second-order valence-electron chi connectivity index (χ2n) is 7.81. The molecule has 2 aromatic rings. The molecule has 9 heteroatoms. The largest absolute Gasteiger partial charge is 0.507 e. The minimum absolute atomic E-state index is 0.157. The van der Waals surface area contributed by atoms with Crippen molar-refractivity contribution < 1.29 is 23.0 Å². The van der Waals surface area contributed by atoms with Crippen molar-refractivity contribution in [1.29, 1.82) is 0 Å². The zero-order chi connectivity index (χ0) is 21.5. The van der Waals surface area contributed by atoms with Gasteiger partial charge in [0, 0.05) is 25.2 Å². The van der Waals surface area contributed by atoms with E-state index in [0.717, 1.165) is 38.2 Å². The molecule has 2 aliphatic heterocycles. The number of benzene rings is 1. The highest BCUT2D eigenvalue weighted by molar-refractivity contribution is 5.71. The van der Waals surface area contributed by atoms with Crippen LogP contribution in [0.15, 0.2) is 24.3 Å². The summed E-state index contributed by atoms with van der Waals surface area (Å²) in [6.45, 7) is 7.88. The first kappa shape index (κ1) is 20.9. The molecule has 1 aromatic carbocycles. The number of piperidine rings is 1. The molecule has 1 N–H and O–H groups in total. The molecule has 2 saturated heterocycles. The lowest BCUT2D eigenvalue weighted by molar-refractivity contribution is -0.137. The van der Waals surface area contributed by atoms with Gasteiger partial charge in [-0.3, -0.25) is 0 Å². The number of likely N-dealkylation sites (N-methyl/N-ethyl adjacent to an activating group) is 1. The topological polar surface area (TPSA) is 61.7 Å². The summed E-state index contributed by atoms with van der Waals surface area (Å²) in [7, 11) is 0. The highest BCUT2D eigenvalue weighted by Crippen LogP contribution is 2.38. The molecule has 6 nitrogen and oxygen atoms in total. The van der Waals surface area contributed by atoms with E-state index >= 15 is 0 Å². The van der Waals surface area contributed by atoms with Crippen LogP contribution in [0.4, 0.5) is 19.0 Å². The molecule has 1 aromatic heterocycles. The molecule has 30 heavy (non-hydrogen) atoms. The molecule has 2 fully saturated rings. The molecule has 2 atom stereocenters. The van der Waals surface area contributed by atoms with Crippen molar-refractivity contribution in [3.8, 4) is 17.0 Å². The predicted octanol–water partition coefficient (Wildman–Crippen LogP) is 3.48. The Bertz CT molecular complexity index is 881. The molecule has 4 rings (SSSR count). The molecule has 2 aliphatic rings. The number of phenols is 1. The lowest BCUT2D eigenvalue weighted by Crippen LogP contribution is -2.60. The summed E-state index contributed by atoms with van der Waals surface area (Å²) in [4.78, 5) is 4.58. The average molecular weight is 422 g/mol. The van der Waals surface area contributed by atoms with Crippen molar-refractivity contribution in [2.75, 3.05) is 37.7 Å². The number of phenolic OH excluding ortho intramolecular Hbond substituents is 1. The van der Waals surface area contributed by atoms with E-state index in [4.69, 9.17) is 4.74 Å². The van der Waals surface area contributed by atoms with E-state index in [1.54, 1.807) is 6.07 Å². The van der Waals surface area contributed by atoms with Crippen LogP contribution < -0.4 is 4.90 Å². The van der Waals surface area contributed by atoms with Gasteiger partial charge in [0.05, 0.1) is 30.0 Å². The van der Waals surface area contributed by atoms with Gasteiger partial charge in [0.2, 0.25) is 0 Å². The molecule has 0 bridgehead atoms. The van der Waals surface area contributed by atoms with E-state index in [9.17, 15) is 18.3 Å². The molecular formula is C21H25F3N4O2. The Balaban J connectivity index is 1.60. The number of likely N-dealkylation sites (tertiary alicyclic amines) is 1. The molecule has 0 aliphatic carbocycles. The number of aryl methyl sites for hydroxylation is 1. The maximum absolute atomic E-state index is 13.0. The van der Waals surface area contributed by atoms with Gasteiger partial charge >= 0.3 is 6.18 Å². The van der Waals surface area contributed by atoms with Gasteiger partial charge in [-0.1, -0.05) is 6.92 Å². The van der Waals surface area contributed by atoms with E-state index in [1.165, 1.54) is 6.92 Å². The van der Waals surface area contributed by atoms with Crippen LogP contribution in [0.5, 0.6) is 5.75 Å². The summed E-state index contributed by atoms with van der Waals surface area (Å²) in [6.07, 6.45) is -3.39. The summed E-state index contributed by atoms with van der Waals surface area (Å²) < 4.78 is 44.9. The first-order valence-electron chi connectivity index (χ1n) is 10.1. The fraction of sp³-hybridized carbons (Fsp3) is 0.524. The normalized spacial score (nSPS) is 22.8. The standard InChI is InChI=1S/C21H25F3N4O2/c1-3-27-7-6-18-16(12-27)28(8-9-30-18)19-5-4-15(25-26-19)20-13(2)10-14(11-17(20)29)21(22,23)24/h4-5,10-11,16,18,29H,3,6-9,12H2,1-2H3. The Kier molecular flexibility index (Phi) is 5.59. The zero-order valence-corrected chi connectivity index (χ0v) is 17.0. The third-order valence-electron chi connectivity index (χ3n) is 5.96. The third-order valence-corrected chi connectivity index (χ3v) is 5.96. The second-order valence-corrected chi connectivity index (χ2v) is 7.81. The SMILES string of the molecule is CCN1CCC2OCCN(c3ccc(-c4c(C)cc(C(F)(F)F)cc4O)nn3)C2C1. The van der Waals surface area contributed by atoms with E-state index < -0.39 is 17.5 Å². The minimum atomic E-state index is -4.52. The monoisotopic (exact) mass is 422 g/mol. The van der Waals surface area contributed by atoms with Gasteiger partial charge < -0.3 is 19.6 Å². The number of aromatic nitrogens is 2. The van der Waals surface area contributed by atoms with Crippen LogP contribution in [0.25, 0.3) is 11.3 Å². The summed E-state index contributed by atoms with van der Waals surface area (Å²) in [5.74, 6) is 0.251. The Morgan fingerprint density at radius 3 is 2.63 bits per heavy atom. The Hall–Kier alpha value is -2.39. The van der Waals surface area contributed by atoms with E-state index in [1.807, 2.05) is 6.07 Å². The third kappa shape index (κ3) is 3.96. The molecule has 0 amide bonds. The number of halogens is 3. The van der Waals surface area contributed by atoms with Crippen molar-refractivity contribution in [2.45, 2.75) is 38.6 Å². The maximum Gasteiger partial charge on any atom is 0.416 e. The van der Waals surface area contributed by atoms with Crippen LogP contribution in [0, 0.1) is 6.92 Å². The van der Waals surface area contributed by atoms with Crippen LogP contribution >= 0.6 is 0 Å². The predicted molar refractivity (Wildman–Crippen MR) is 106 cm³/mol. The number of rotatable bonds is 3. The summed E-state index contributed by atoms with van der Waals surface area (Å²) in [6, 6.07) is 5.44. The van der Waals surface area contributed by atoms with Crippen LogP contribution in [0.1, 0.15) is 24.5 Å². The highest BCUT2D eigenvalue weighted by atomic mass is 19.4. The number of alkyl halides is 3. The molecule has 0 spiro atoms. The smallest absolute Gasteiger partial charge is 0.416 e. The van der Waals surface area contributed by atoms with Gasteiger partial charge in [-0.2, -0.15) is 13.2 Å². The molecule has 3 heterocycles. The second kappa shape index (κ2) is 8.03. The molecular weight excluding hydrogens is 397 g/mol. The summed E-state index contributed by atoms with van der Waals surface area (Å²) in [5, 5.41) is 18.8. The first-order chi connectivity index (χ1) is 14.3. The van der Waals surface area contributed by atoms with E-state index in [0.29, 0.717) is 30.2 Å². The fourth-order valence-corrected chi connectivity index (χ4v) is 4.39. The highest BCUT2D eigenvalue weighted by Gasteiger charge is 2.37. The lowest BCUT2D eigenvalue weighted by atomic mass is 9.98.